The summed E-state index contributed by atoms with van der Waals surface area (Å²) in [7, 11) is 0. The summed E-state index contributed by atoms with van der Waals surface area (Å²) in [6, 6.07) is 7.85. The van der Waals surface area contributed by atoms with Gasteiger partial charge in [0, 0.05) is 0 Å². The number of halogens is 1. The van der Waals surface area contributed by atoms with Gasteiger partial charge in [-0.05, 0) is 45.6 Å². The summed E-state index contributed by atoms with van der Waals surface area (Å²) in [4.78, 5) is 14.5. The Morgan fingerprint density at radius 2 is 2.32 bits per heavy atom. The van der Waals surface area contributed by atoms with Gasteiger partial charge in [0.05, 0.1) is 20.8 Å². The highest BCUT2D eigenvalue weighted by molar-refractivity contribution is 9.11. The van der Waals surface area contributed by atoms with Crippen LogP contribution in [0.5, 0.6) is 0 Å². The lowest BCUT2D eigenvalue weighted by Crippen LogP contribution is -3.11. The maximum Gasteiger partial charge on any atom is 0.280 e. The average molecular weight is 397 g/mol. The molecule has 7 heteroatoms. The van der Waals surface area contributed by atoms with E-state index in [2.05, 4.69) is 40.0 Å². The summed E-state index contributed by atoms with van der Waals surface area (Å²) < 4.78 is 1.09. The molecular formula is C15H15BrN3OS2+. The molecule has 0 radical (unpaired) electrons. The molecule has 4 nitrogen and oxygen atoms in total. The van der Waals surface area contributed by atoms with Crippen molar-refractivity contribution >= 4 is 49.5 Å². The second-order valence-corrected chi connectivity index (χ2v) is 8.09. The van der Waals surface area contributed by atoms with E-state index >= 15 is 0 Å². The van der Waals surface area contributed by atoms with Crippen molar-refractivity contribution < 1.29 is 9.69 Å². The highest BCUT2D eigenvalue weighted by atomic mass is 79.9. The van der Waals surface area contributed by atoms with Crippen LogP contribution in [0.2, 0.25) is 0 Å². The molecule has 0 saturated heterocycles. The molecule has 0 aromatic carbocycles. The molecule has 0 spiro atoms. The van der Waals surface area contributed by atoms with Gasteiger partial charge in [-0.15, -0.1) is 22.7 Å². The number of quaternary nitrogens is 1. The van der Waals surface area contributed by atoms with Gasteiger partial charge in [0.25, 0.3) is 5.91 Å². The van der Waals surface area contributed by atoms with Crippen molar-refractivity contribution in [3.63, 3.8) is 0 Å². The molecule has 2 aromatic heterocycles. The number of carbonyl (C=O) groups is 1. The zero-order valence-corrected chi connectivity index (χ0v) is 15.0. The van der Waals surface area contributed by atoms with Crippen molar-refractivity contribution in [2.45, 2.75) is 6.54 Å². The van der Waals surface area contributed by atoms with E-state index in [1.165, 1.54) is 16.2 Å². The number of amides is 1. The van der Waals surface area contributed by atoms with Crippen LogP contribution in [0.3, 0.4) is 0 Å². The van der Waals surface area contributed by atoms with Crippen molar-refractivity contribution in [3.8, 4) is 6.07 Å². The van der Waals surface area contributed by atoms with E-state index in [9.17, 15) is 4.79 Å². The summed E-state index contributed by atoms with van der Waals surface area (Å²) in [5.41, 5.74) is 0.505. The standard InChI is InChI=1S/C15H14BrN3OS2/c1-2-6-19(9-12-3-4-13(16)22-12)10-14(20)18-15-11(8-17)5-7-21-15/h2-5,7H,1,6,9-10H2,(H,18,20)/p+1. The number of nitrogens with one attached hydrogen (secondary N) is 2. The Morgan fingerprint density at radius 3 is 2.95 bits per heavy atom. The van der Waals surface area contributed by atoms with Gasteiger partial charge >= 0.3 is 0 Å². The van der Waals surface area contributed by atoms with Gasteiger partial charge in [0.1, 0.15) is 17.6 Å². The smallest absolute Gasteiger partial charge is 0.280 e. The fourth-order valence-electron chi connectivity index (χ4n) is 2.00. The molecule has 0 aliphatic rings. The van der Waals surface area contributed by atoms with Crippen LogP contribution < -0.4 is 10.2 Å². The Balaban J connectivity index is 1.96. The van der Waals surface area contributed by atoms with Crippen LogP contribution in [0.4, 0.5) is 5.00 Å². The van der Waals surface area contributed by atoms with Crippen molar-refractivity contribution in [1.82, 2.24) is 0 Å². The maximum absolute atomic E-state index is 12.2. The number of thiophene rings is 2. The lowest BCUT2D eigenvalue weighted by Gasteiger charge is -2.16. The van der Waals surface area contributed by atoms with Crippen LogP contribution in [0, 0.1) is 11.3 Å². The number of nitriles is 1. The minimum Gasteiger partial charge on any atom is -0.319 e. The minimum absolute atomic E-state index is 0.0913. The Morgan fingerprint density at radius 1 is 1.50 bits per heavy atom. The Labute approximate surface area is 145 Å². The molecule has 2 heterocycles. The van der Waals surface area contributed by atoms with Crippen LogP contribution >= 0.6 is 38.6 Å². The second kappa shape index (κ2) is 8.25. The van der Waals surface area contributed by atoms with Gasteiger partial charge in [-0.25, -0.2) is 0 Å². The van der Waals surface area contributed by atoms with Gasteiger partial charge in [0.2, 0.25) is 0 Å². The quantitative estimate of drug-likeness (QED) is 0.706. The van der Waals surface area contributed by atoms with Crippen LogP contribution in [0.25, 0.3) is 0 Å². The van der Waals surface area contributed by atoms with E-state index in [0.717, 1.165) is 15.2 Å². The third-order valence-electron chi connectivity index (χ3n) is 2.94. The maximum atomic E-state index is 12.2. The molecule has 114 valence electrons. The lowest BCUT2D eigenvalue weighted by atomic mass is 10.3. The van der Waals surface area contributed by atoms with Gasteiger partial charge in [0.15, 0.2) is 6.54 Å². The van der Waals surface area contributed by atoms with Gasteiger partial charge in [-0.1, -0.05) is 6.58 Å². The summed E-state index contributed by atoms with van der Waals surface area (Å²) >= 11 is 6.48. The largest absolute Gasteiger partial charge is 0.319 e. The first kappa shape index (κ1) is 16.9. The molecule has 0 fully saturated rings. The summed E-state index contributed by atoms with van der Waals surface area (Å²) in [6.07, 6.45) is 1.82. The molecule has 0 aliphatic carbocycles. The molecule has 0 saturated carbocycles. The highest BCUT2D eigenvalue weighted by Gasteiger charge is 2.16. The first-order valence-electron chi connectivity index (χ1n) is 6.58. The van der Waals surface area contributed by atoms with Crippen LogP contribution in [-0.4, -0.2) is 19.0 Å². The van der Waals surface area contributed by atoms with Crippen molar-refractivity contribution in [2.75, 3.05) is 18.4 Å². The second-order valence-electron chi connectivity index (χ2n) is 4.63. The Bertz CT molecular complexity index is 702. The predicted molar refractivity (Wildman–Crippen MR) is 94.3 cm³/mol. The van der Waals surface area contributed by atoms with Crippen molar-refractivity contribution in [1.29, 1.82) is 5.26 Å². The first-order valence-corrected chi connectivity index (χ1v) is 9.07. The Hall–Kier alpha value is -1.46. The molecule has 0 bridgehead atoms. The first-order chi connectivity index (χ1) is 10.6. The predicted octanol–water partition coefficient (Wildman–Crippen LogP) is 2.65. The molecule has 2 N–H and O–H groups in total. The molecule has 22 heavy (non-hydrogen) atoms. The third-order valence-corrected chi connectivity index (χ3v) is 5.39. The number of nitrogens with zero attached hydrogens (tertiary/aromatic N) is 1. The Kier molecular flexibility index (Phi) is 6.34. The van der Waals surface area contributed by atoms with Crippen molar-refractivity contribution in [2.24, 2.45) is 0 Å². The molecule has 1 unspecified atom stereocenters. The van der Waals surface area contributed by atoms with E-state index in [1.54, 1.807) is 22.8 Å². The van der Waals surface area contributed by atoms with Gasteiger partial charge in [-0.2, -0.15) is 5.26 Å². The van der Waals surface area contributed by atoms with Crippen molar-refractivity contribution in [3.05, 3.63) is 50.5 Å². The number of hydrogen-bond donors (Lipinski definition) is 2. The molecule has 2 aromatic rings. The highest BCUT2D eigenvalue weighted by Crippen LogP contribution is 2.22. The molecule has 0 aliphatic heterocycles. The number of carbonyl (C=O) groups excluding carboxylic acids is 1. The average Bonchev–Trinajstić information content (AvgIpc) is 3.08. The SMILES string of the molecule is C=CC[NH+](CC(=O)Nc1sccc1C#N)Cc1ccc(Br)s1. The number of rotatable bonds is 7. The number of anilines is 1. The third kappa shape index (κ3) is 4.78. The topological polar surface area (TPSA) is 57.3 Å². The fourth-order valence-corrected chi connectivity index (χ4v) is 4.30. The van der Waals surface area contributed by atoms with E-state index in [0.29, 0.717) is 23.7 Å². The van der Waals surface area contributed by atoms with E-state index in [-0.39, 0.29) is 5.91 Å². The fraction of sp³-hybridized carbons (Fsp3) is 0.200. The summed E-state index contributed by atoms with van der Waals surface area (Å²) in [5, 5.41) is 14.2. The molecular weight excluding hydrogens is 382 g/mol. The molecule has 1 atom stereocenters. The van der Waals surface area contributed by atoms with Gasteiger partial charge in [-0.3, -0.25) is 4.79 Å². The van der Waals surface area contributed by atoms with Crippen LogP contribution in [-0.2, 0) is 11.3 Å². The van der Waals surface area contributed by atoms with E-state index < -0.39 is 0 Å². The normalized spacial score (nSPS) is 11.6. The zero-order valence-electron chi connectivity index (χ0n) is 11.8. The number of hydrogen-bond acceptors (Lipinski definition) is 4. The van der Waals surface area contributed by atoms with E-state index in [4.69, 9.17) is 5.26 Å². The minimum atomic E-state index is -0.0913. The summed E-state index contributed by atoms with van der Waals surface area (Å²) in [5.74, 6) is -0.0913. The van der Waals surface area contributed by atoms with Crippen LogP contribution in [0.1, 0.15) is 10.4 Å². The zero-order chi connectivity index (χ0) is 15.9. The van der Waals surface area contributed by atoms with E-state index in [1.807, 2.05) is 12.1 Å². The van der Waals surface area contributed by atoms with Gasteiger partial charge < -0.3 is 10.2 Å². The monoisotopic (exact) mass is 396 g/mol. The molecule has 2 rings (SSSR count). The summed E-state index contributed by atoms with van der Waals surface area (Å²) in [6.45, 7) is 5.57. The lowest BCUT2D eigenvalue weighted by molar-refractivity contribution is -0.899. The molecule has 1 amide bonds. The van der Waals surface area contributed by atoms with Crippen LogP contribution in [0.15, 0.2) is 40.0 Å².